The molecule has 7 nitrogen and oxygen atoms in total. The highest BCUT2D eigenvalue weighted by Gasteiger charge is 2.20. The van der Waals surface area contributed by atoms with Gasteiger partial charge in [0.1, 0.15) is 5.00 Å². The highest BCUT2D eigenvalue weighted by Crippen LogP contribution is 2.34. The van der Waals surface area contributed by atoms with Crippen LogP contribution in [-0.4, -0.2) is 39.5 Å². The first-order valence-electron chi connectivity index (χ1n) is 9.53. The molecule has 0 aliphatic carbocycles. The van der Waals surface area contributed by atoms with Gasteiger partial charge in [0.05, 0.1) is 18.4 Å². The number of benzene rings is 1. The van der Waals surface area contributed by atoms with Gasteiger partial charge < -0.3 is 14.6 Å². The van der Waals surface area contributed by atoms with E-state index in [9.17, 15) is 9.59 Å². The van der Waals surface area contributed by atoms with Crippen molar-refractivity contribution in [3.05, 3.63) is 46.2 Å². The molecule has 31 heavy (non-hydrogen) atoms. The molecule has 0 aliphatic heterocycles. The van der Waals surface area contributed by atoms with Gasteiger partial charge in [0.25, 0.3) is 0 Å². The second-order valence-electron chi connectivity index (χ2n) is 6.62. The minimum Gasteiger partial charge on any atom is -0.465 e. The first-order chi connectivity index (χ1) is 15.0. The van der Waals surface area contributed by atoms with Gasteiger partial charge >= 0.3 is 5.97 Å². The Kier molecular flexibility index (Phi) is 6.40. The third kappa shape index (κ3) is 4.36. The number of carbonyl (C=O) groups excluding carboxylic acids is 2. The highest BCUT2D eigenvalue weighted by molar-refractivity contribution is 7.99. The summed E-state index contributed by atoms with van der Waals surface area (Å²) in [4.78, 5) is 25.4. The van der Waals surface area contributed by atoms with E-state index in [0.717, 1.165) is 21.7 Å². The number of methoxy groups -OCH3 is 1. The number of aryl methyl sites for hydroxylation is 1. The topological polar surface area (TPSA) is 86.1 Å². The van der Waals surface area contributed by atoms with Crippen LogP contribution in [0.2, 0.25) is 0 Å². The maximum atomic E-state index is 12.5. The average molecular weight is 473 g/mol. The van der Waals surface area contributed by atoms with E-state index in [2.05, 4.69) is 33.0 Å². The number of nitrogens with zero attached hydrogens (tertiary/aromatic N) is 3. The molecule has 1 aromatic carbocycles. The Hall–Kier alpha value is -2.69. The fourth-order valence-corrected chi connectivity index (χ4v) is 5.85. The lowest BCUT2D eigenvalue weighted by molar-refractivity contribution is -0.113. The number of esters is 1. The van der Waals surface area contributed by atoms with Crippen molar-refractivity contribution in [3.63, 3.8) is 0 Å². The molecule has 160 valence electrons. The quantitative estimate of drug-likeness (QED) is 0.299. The predicted octanol–water partition coefficient (Wildman–Crippen LogP) is 5.07. The lowest BCUT2D eigenvalue weighted by Crippen LogP contribution is -2.16. The zero-order valence-electron chi connectivity index (χ0n) is 17.2. The number of thioether (sulfide) groups is 1. The van der Waals surface area contributed by atoms with Crippen molar-refractivity contribution < 1.29 is 14.3 Å². The summed E-state index contributed by atoms with van der Waals surface area (Å²) in [6.45, 7) is 4.59. The highest BCUT2D eigenvalue weighted by atomic mass is 32.2. The van der Waals surface area contributed by atoms with Gasteiger partial charge in [0.15, 0.2) is 11.0 Å². The molecule has 0 aliphatic rings. The number of ether oxygens (including phenoxy) is 1. The fraction of sp³-hybridized carbons (Fsp3) is 0.238. The maximum Gasteiger partial charge on any atom is 0.340 e. The van der Waals surface area contributed by atoms with Crippen LogP contribution in [0, 0.1) is 6.92 Å². The fourth-order valence-electron chi connectivity index (χ4n) is 3.19. The van der Waals surface area contributed by atoms with Gasteiger partial charge in [-0.3, -0.25) is 4.79 Å². The number of hydrogen-bond acceptors (Lipinski definition) is 8. The van der Waals surface area contributed by atoms with E-state index in [1.54, 1.807) is 17.4 Å². The summed E-state index contributed by atoms with van der Waals surface area (Å²) >= 11 is 4.34. The van der Waals surface area contributed by atoms with Crippen molar-refractivity contribution in [3.8, 4) is 11.4 Å². The molecule has 0 saturated heterocycles. The van der Waals surface area contributed by atoms with Crippen LogP contribution in [0.1, 0.15) is 22.2 Å². The van der Waals surface area contributed by atoms with Gasteiger partial charge in [0, 0.05) is 32.5 Å². The molecule has 4 rings (SSSR count). The van der Waals surface area contributed by atoms with E-state index in [1.807, 2.05) is 30.5 Å². The number of thiophene rings is 2. The Bertz CT molecular complexity index is 1260. The molecular formula is C21H20N4O3S3. The van der Waals surface area contributed by atoms with Crippen LogP contribution < -0.4 is 5.32 Å². The number of nitrogens with one attached hydrogen (secondary N) is 1. The summed E-state index contributed by atoms with van der Waals surface area (Å²) in [5.74, 6) is 0.264. The van der Waals surface area contributed by atoms with Gasteiger partial charge in [-0.15, -0.1) is 32.9 Å². The number of fused-ring (bicyclic) bond motifs is 1. The minimum atomic E-state index is -0.467. The van der Waals surface area contributed by atoms with Crippen molar-refractivity contribution in [2.24, 2.45) is 0 Å². The third-order valence-corrected chi connectivity index (χ3v) is 7.50. The normalized spacial score (nSPS) is 11.1. The SMILES string of the molecule is CCn1c(SCC(=O)Nc2sc(C)cc2C(=O)OC)nnc1-c1csc2ccccc12. The van der Waals surface area contributed by atoms with E-state index >= 15 is 0 Å². The molecule has 0 unspecified atom stereocenters. The first-order valence-corrected chi connectivity index (χ1v) is 12.2. The lowest BCUT2D eigenvalue weighted by Gasteiger charge is -2.07. The van der Waals surface area contributed by atoms with Crippen LogP contribution in [0.5, 0.6) is 0 Å². The Morgan fingerprint density at radius 3 is 2.84 bits per heavy atom. The van der Waals surface area contributed by atoms with Crippen LogP contribution in [0.25, 0.3) is 21.5 Å². The molecule has 0 saturated carbocycles. The summed E-state index contributed by atoms with van der Waals surface area (Å²) in [6, 6.07) is 9.92. The summed E-state index contributed by atoms with van der Waals surface area (Å²) in [5.41, 5.74) is 1.41. The zero-order valence-corrected chi connectivity index (χ0v) is 19.6. The van der Waals surface area contributed by atoms with Crippen molar-refractivity contribution in [2.75, 3.05) is 18.2 Å². The molecule has 1 N–H and O–H groups in total. The van der Waals surface area contributed by atoms with Gasteiger partial charge in [-0.2, -0.15) is 0 Å². The van der Waals surface area contributed by atoms with Crippen LogP contribution in [0.15, 0.2) is 40.9 Å². The van der Waals surface area contributed by atoms with Crippen LogP contribution in [0.3, 0.4) is 0 Å². The number of anilines is 1. The van der Waals surface area contributed by atoms with Gasteiger partial charge in [-0.05, 0) is 26.0 Å². The van der Waals surface area contributed by atoms with Crippen molar-refractivity contribution in [1.29, 1.82) is 0 Å². The van der Waals surface area contributed by atoms with E-state index in [0.29, 0.717) is 22.3 Å². The van der Waals surface area contributed by atoms with Gasteiger partial charge in [0.2, 0.25) is 5.91 Å². The Morgan fingerprint density at radius 1 is 1.26 bits per heavy atom. The molecule has 3 aromatic heterocycles. The van der Waals surface area contributed by atoms with Crippen LogP contribution in [0.4, 0.5) is 5.00 Å². The molecule has 10 heteroatoms. The van der Waals surface area contributed by atoms with Crippen LogP contribution >= 0.6 is 34.4 Å². The van der Waals surface area contributed by atoms with E-state index in [-0.39, 0.29) is 11.7 Å². The molecule has 0 radical (unpaired) electrons. The summed E-state index contributed by atoms with van der Waals surface area (Å²) in [7, 11) is 1.32. The summed E-state index contributed by atoms with van der Waals surface area (Å²) in [6.07, 6.45) is 0. The lowest BCUT2D eigenvalue weighted by atomic mass is 10.1. The summed E-state index contributed by atoms with van der Waals surface area (Å²) in [5, 5.41) is 16.0. The number of rotatable bonds is 7. The number of hydrogen-bond donors (Lipinski definition) is 1. The summed E-state index contributed by atoms with van der Waals surface area (Å²) < 4.78 is 8.00. The largest absolute Gasteiger partial charge is 0.465 e. The van der Waals surface area contributed by atoms with Gasteiger partial charge in [-0.25, -0.2) is 4.79 Å². The number of amides is 1. The first kappa shape index (κ1) is 21.5. The standard InChI is InChI=1S/C21H20N4O3S3/c1-4-25-18(15-10-29-16-8-6-5-7-13(15)16)23-24-21(25)30-11-17(26)22-19-14(20(27)28-3)9-12(2)31-19/h5-10H,4,11H2,1-3H3,(H,22,26). The van der Waals surface area contributed by atoms with E-state index < -0.39 is 5.97 Å². The number of carbonyl (C=O) groups is 2. The second-order valence-corrected chi connectivity index (χ2v) is 9.73. The molecule has 0 fully saturated rings. The number of aromatic nitrogens is 3. The predicted molar refractivity (Wildman–Crippen MR) is 126 cm³/mol. The third-order valence-electron chi connectivity index (χ3n) is 4.60. The maximum absolute atomic E-state index is 12.5. The molecule has 0 atom stereocenters. The average Bonchev–Trinajstić information content (AvgIpc) is 3.47. The molecular weight excluding hydrogens is 452 g/mol. The zero-order chi connectivity index (χ0) is 22.0. The van der Waals surface area contributed by atoms with Crippen molar-refractivity contribution in [2.45, 2.75) is 25.5 Å². The minimum absolute atomic E-state index is 0.153. The second kappa shape index (κ2) is 9.21. The van der Waals surface area contributed by atoms with Crippen LogP contribution in [-0.2, 0) is 16.1 Å². The molecule has 3 heterocycles. The monoisotopic (exact) mass is 472 g/mol. The Morgan fingerprint density at radius 2 is 2.06 bits per heavy atom. The van der Waals surface area contributed by atoms with E-state index in [1.165, 1.54) is 34.9 Å². The van der Waals surface area contributed by atoms with Crippen molar-refractivity contribution in [1.82, 2.24) is 14.8 Å². The van der Waals surface area contributed by atoms with E-state index in [4.69, 9.17) is 4.74 Å². The van der Waals surface area contributed by atoms with Gasteiger partial charge in [-0.1, -0.05) is 30.0 Å². The Labute approximate surface area is 191 Å². The molecule has 0 bridgehead atoms. The van der Waals surface area contributed by atoms with Crippen molar-refractivity contribution >= 4 is 61.4 Å². The smallest absolute Gasteiger partial charge is 0.340 e. The molecule has 1 amide bonds. The molecule has 4 aromatic rings. The Balaban J connectivity index is 1.50. The molecule has 0 spiro atoms.